The number of anilines is 1. The molecular formula is C17H24N2O. The van der Waals surface area contributed by atoms with Gasteiger partial charge in [-0.3, -0.25) is 4.90 Å². The second-order valence-electron chi connectivity index (χ2n) is 6.36. The van der Waals surface area contributed by atoms with Crippen LogP contribution in [0.3, 0.4) is 0 Å². The molecule has 1 unspecified atom stereocenters. The summed E-state index contributed by atoms with van der Waals surface area (Å²) >= 11 is 0. The molecular weight excluding hydrogens is 248 g/mol. The number of fused-ring (bicyclic) bond motifs is 1. The lowest BCUT2D eigenvalue weighted by Gasteiger charge is -2.37. The van der Waals surface area contributed by atoms with Crippen molar-refractivity contribution in [1.29, 1.82) is 0 Å². The van der Waals surface area contributed by atoms with E-state index in [9.17, 15) is 4.79 Å². The van der Waals surface area contributed by atoms with Crippen LogP contribution in [0.2, 0.25) is 0 Å². The number of carbonyl (C=O) groups is 1. The van der Waals surface area contributed by atoms with Crippen molar-refractivity contribution in [1.82, 2.24) is 4.90 Å². The Kier molecular flexibility index (Phi) is 3.68. The Labute approximate surface area is 121 Å². The molecule has 0 saturated carbocycles. The Balaban J connectivity index is 1.83. The number of carbonyl (C=O) groups excluding carboxylic acids is 1. The molecule has 20 heavy (non-hydrogen) atoms. The number of nitrogens with zero attached hydrogens (tertiary/aromatic N) is 2. The van der Waals surface area contributed by atoms with Crippen LogP contribution in [0.4, 0.5) is 10.5 Å². The first-order chi connectivity index (χ1) is 9.65. The number of hydrogen-bond donors (Lipinski definition) is 0. The average molecular weight is 272 g/mol. The topological polar surface area (TPSA) is 23.6 Å². The molecule has 0 aliphatic carbocycles. The van der Waals surface area contributed by atoms with Crippen LogP contribution in [0.5, 0.6) is 0 Å². The van der Waals surface area contributed by atoms with E-state index in [1.165, 1.54) is 17.5 Å². The zero-order valence-electron chi connectivity index (χ0n) is 12.6. The highest BCUT2D eigenvalue weighted by Gasteiger charge is 2.28. The number of hydrogen-bond acceptors (Lipinski definition) is 1. The number of piperidine rings is 1. The molecule has 2 amide bonds. The fourth-order valence-electron chi connectivity index (χ4n) is 3.46. The van der Waals surface area contributed by atoms with Crippen molar-refractivity contribution >= 4 is 11.7 Å². The first-order valence-corrected chi connectivity index (χ1v) is 7.81. The van der Waals surface area contributed by atoms with Crippen molar-refractivity contribution in [2.45, 2.75) is 39.5 Å². The minimum atomic E-state index is 0.210. The van der Waals surface area contributed by atoms with Crippen molar-refractivity contribution in [3.05, 3.63) is 29.3 Å². The number of benzene rings is 1. The summed E-state index contributed by atoms with van der Waals surface area (Å²) in [5.41, 5.74) is 3.74. The van der Waals surface area contributed by atoms with Gasteiger partial charge in [-0.05, 0) is 50.2 Å². The second-order valence-corrected chi connectivity index (χ2v) is 6.36. The quantitative estimate of drug-likeness (QED) is 0.708. The highest BCUT2D eigenvalue weighted by Crippen LogP contribution is 2.29. The maximum absolute atomic E-state index is 12.8. The zero-order valence-corrected chi connectivity index (χ0v) is 12.6. The maximum atomic E-state index is 12.8. The molecule has 1 aromatic carbocycles. The third kappa shape index (κ3) is 2.54. The molecule has 1 saturated heterocycles. The molecule has 108 valence electrons. The van der Waals surface area contributed by atoms with Gasteiger partial charge < -0.3 is 4.90 Å². The van der Waals surface area contributed by atoms with Crippen LogP contribution in [-0.4, -0.2) is 30.6 Å². The summed E-state index contributed by atoms with van der Waals surface area (Å²) in [5, 5.41) is 0. The Bertz CT molecular complexity index is 512. The Morgan fingerprint density at radius 1 is 1.25 bits per heavy atom. The van der Waals surface area contributed by atoms with E-state index < -0.39 is 0 Å². The van der Waals surface area contributed by atoms with Crippen molar-refractivity contribution in [3.8, 4) is 0 Å². The minimum absolute atomic E-state index is 0.210. The van der Waals surface area contributed by atoms with Crippen LogP contribution in [0.25, 0.3) is 0 Å². The van der Waals surface area contributed by atoms with Crippen molar-refractivity contribution in [2.24, 2.45) is 5.92 Å². The van der Waals surface area contributed by atoms with Gasteiger partial charge in [-0.15, -0.1) is 0 Å². The average Bonchev–Trinajstić information content (AvgIpc) is 2.45. The van der Waals surface area contributed by atoms with Gasteiger partial charge in [0.25, 0.3) is 0 Å². The van der Waals surface area contributed by atoms with E-state index in [0.29, 0.717) is 5.92 Å². The van der Waals surface area contributed by atoms with Gasteiger partial charge in [-0.1, -0.05) is 24.6 Å². The number of likely N-dealkylation sites (tertiary alicyclic amines) is 1. The standard InChI is InChI=1S/C17H24N2O/c1-13-7-8-16-15(11-13)6-4-10-19(16)17(20)18-9-3-5-14(2)12-18/h7-8,11,14H,3-6,9-10,12H2,1-2H3. The molecule has 3 heteroatoms. The Hall–Kier alpha value is -1.51. The molecule has 2 aliphatic heterocycles. The van der Waals surface area contributed by atoms with Gasteiger partial charge in [0.15, 0.2) is 0 Å². The molecule has 3 nitrogen and oxygen atoms in total. The van der Waals surface area contributed by atoms with E-state index in [-0.39, 0.29) is 6.03 Å². The molecule has 2 heterocycles. The number of amides is 2. The summed E-state index contributed by atoms with van der Waals surface area (Å²) in [6.45, 7) is 7.05. The maximum Gasteiger partial charge on any atom is 0.324 e. The summed E-state index contributed by atoms with van der Waals surface area (Å²) < 4.78 is 0. The molecule has 0 radical (unpaired) electrons. The van der Waals surface area contributed by atoms with E-state index in [1.54, 1.807) is 0 Å². The lowest BCUT2D eigenvalue weighted by molar-refractivity contribution is 0.175. The van der Waals surface area contributed by atoms with Gasteiger partial charge in [-0.25, -0.2) is 4.79 Å². The monoisotopic (exact) mass is 272 g/mol. The van der Waals surface area contributed by atoms with Crippen molar-refractivity contribution in [2.75, 3.05) is 24.5 Å². The lowest BCUT2D eigenvalue weighted by Crippen LogP contribution is -2.48. The van der Waals surface area contributed by atoms with E-state index in [4.69, 9.17) is 0 Å². The van der Waals surface area contributed by atoms with Crippen LogP contribution < -0.4 is 4.90 Å². The van der Waals surface area contributed by atoms with Crippen LogP contribution >= 0.6 is 0 Å². The van der Waals surface area contributed by atoms with E-state index in [0.717, 1.165) is 44.6 Å². The molecule has 1 atom stereocenters. The molecule has 0 spiro atoms. The van der Waals surface area contributed by atoms with Crippen LogP contribution in [0, 0.1) is 12.8 Å². The first-order valence-electron chi connectivity index (χ1n) is 7.81. The molecule has 0 aromatic heterocycles. The van der Waals surface area contributed by atoms with Crippen LogP contribution in [0.1, 0.15) is 37.3 Å². The highest BCUT2D eigenvalue weighted by atomic mass is 16.2. The van der Waals surface area contributed by atoms with Gasteiger partial charge in [0.2, 0.25) is 0 Å². The number of rotatable bonds is 0. The first kappa shape index (κ1) is 13.5. The van der Waals surface area contributed by atoms with Crippen molar-refractivity contribution < 1.29 is 4.79 Å². The second kappa shape index (κ2) is 5.47. The summed E-state index contributed by atoms with van der Waals surface area (Å²) in [4.78, 5) is 16.8. The smallest absolute Gasteiger partial charge is 0.324 e. The Morgan fingerprint density at radius 2 is 2.10 bits per heavy atom. The van der Waals surface area contributed by atoms with Gasteiger partial charge in [0.1, 0.15) is 0 Å². The van der Waals surface area contributed by atoms with Gasteiger partial charge in [0, 0.05) is 25.3 Å². The fourth-order valence-corrected chi connectivity index (χ4v) is 3.46. The van der Waals surface area contributed by atoms with Gasteiger partial charge in [-0.2, -0.15) is 0 Å². The summed E-state index contributed by atoms with van der Waals surface area (Å²) in [5.74, 6) is 0.634. The number of urea groups is 1. The summed E-state index contributed by atoms with van der Waals surface area (Å²) in [6.07, 6.45) is 4.56. The van der Waals surface area contributed by atoms with Crippen LogP contribution in [0.15, 0.2) is 18.2 Å². The summed E-state index contributed by atoms with van der Waals surface area (Å²) in [6, 6.07) is 6.67. The normalized spacial score (nSPS) is 22.6. The minimum Gasteiger partial charge on any atom is -0.324 e. The SMILES string of the molecule is Cc1ccc2c(c1)CCCN2C(=O)N1CCCC(C)C1. The number of aryl methyl sites for hydroxylation is 2. The Morgan fingerprint density at radius 3 is 2.90 bits per heavy atom. The fraction of sp³-hybridized carbons (Fsp3) is 0.588. The largest absolute Gasteiger partial charge is 0.324 e. The summed E-state index contributed by atoms with van der Waals surface area (Å²) in [7, 11) is 0. The highest BCUT2D eigenvalue weighted by molar-refractivity contribution is 5.93. The van der Waals surface area contributed by atoms with Crippen LogP contribution in [-0.2, 0) is 6.42 Å². The van der Waals surface area contributed by atoms with Crippen molar-refractivity contribution in [3.63, 3.8) is 0 Å². The third-order valence-electron chi connectivity index (χ3n) is 4.51. The molecule has 2 aliphatic rings. The molecule has 1 fully saturated rings. The zero-order chi connectivity index (χ0) is 14.1. The molecule has 0 bridgehead atoms. The van der Waals surface area contributed by atoms with E-state index in [2.05, 4.69) is 32.0 Å². The molecule has 0 N–H and O–H groups in total. The lowest BCUT2D eigenvalue weighted by atomic mass is 9.98. The molecule has 1 aromatic rings. The van der Waals surface area contributed by atoms with E-state index in [1.807, 2.05) is 9.80 Å². The van der Waals surface area contributed by atoms with Gasteiger partial charge >= 0.3 is 6.03 Å². The predicted molar refractivity (Wildman–Crippen MR) is 82.2 cm³/mol. The predicted octanol–water partition coefficient (Wildman–Crippen LogP) is 3.60. The molecule has 3 rings (SSSR count). The van der Waals surface area contributed by atoms with Gasteiger partial charge in [0.05, 0.1) is 0 Å². The van der Waals surface area contributed by atoms with E-state index >= 15 is 0 Å². The third-order valence-corrected chi connectivity index (χ3v) is 4.51.